The fraction of sp³-hybridized carbons (Fsp3) is 0.550. The first kappa shape index (κ1) is 20.0. The molecule has 1 aliphatic heterocycles. The summed E-state index contributed by atoms with van der Waals surface area (Å²) >= 11 is 0. The van der Waals surface area contributed by atoms with Gasteiger partial charge in [0.15, 0.2) is 0 Å². The Kier molecular flexibility index (Phi) is 6.68. The van der Waals surface area contributed by atoms with Crippen molar-refractivity contribution in [1.29, 1.82) is 0 Å². The van der Waals surface area contributed by atoms with Crippen LogP contribution in [0.15, 0.2) is 41.6 Å². The van der Waals surface area contributed by atoms with Crippen LogP contribution in [0.2, 0.25) is 0 Å². The summed E-state index contributed by atoms with van der Waals surface area (Å²) < 4.78 is 29.6. The Morgan fingerprint density at radius 3 is 2.33 bits per heavy atom. The highest BCUT2D eigenvalue weighted by molar-refractivity contribution is 7.89. The molecule has 1 aliphatic rings. The molecule has 0 aliphatic carbocycles. The van der Waals surface area contributed by atoms with Gasteiger partial charge in [-0.3, -0.25) is 4.90 Å². The van der Waals surface area contributed by atoms with E-state index in [0.717, 1.165) is 51.3 Å². The van der Waals surface area contributed by atoms with Crippen LogP contribution in [0.1, 0.15) is 31.7 Å². The van der Waals surface area contributed by atoms with E-state index in [1.165, 1.54) is 5.56 Å². The molecule has 27 heavy (non-hydrogen) atoms. The van der Waals surface area contributed by atoms with Gasteiger partial charge in [-0.1, -0.05) is 32.4 Å². The lowest BCUT2D eigenvalue weighted by Crippen LogP contribution is -2.49. The van der Waals surface area contributed by atoms with Crippen LogP contribution in [0.5, 0.6) is 0 Å². The number of benzene rings is 1. The van der Waals surface area contributed by atoms with Crippen molar-refractivity contribution in [2.24, 2.45) is 0 Å². The molecular weight excluding hydrogens is 360 g/mol. The molecule has 1 aromatic carbocycles. The fourth-order valence-corrected chi connectivity index (χ4v) is 4.99. The minimum Gasteiger partial charge on any atom is -0.334 e. The van der Waals surface area contributed by atoms with Crippen molar-refractivity contribution in [3.8, 4) is 0 Å². The van der Waals surface area contributed by atoms with Crippen molar-refractivity contribution >= 4 is 10.0 Å². The van der Waals surface area contributed by atoms with E-state index in [2.05, 4.69) is 28.3 Å². The molecule has 148 valence electrons. The number of hydrogen-bond acceptors (Lipinski definition) is 4. The summed E-state index contributed by atoms with van der Waals surface area (Å²) in [6.45, 7) is 8.68. The normalized spacial score (nSPS) is 16.7. The lowest BCUT2D eigenvalue weighted by atomic mass is 10.1. The molecule has 1 fully saturated rings. The molecule has 3 rings (SSSR count). The van der Waals surface area contributed by atoms with Crippen LogP contribution in [0.4, 0.5) is 0 Å². The smallest absolute Gasteiger partial charge is 0.243 e. The van der Waals surface area contributed by atoms with Crippen molar-refractivity contribution in [3.05, 3.63) is 48.0 Å². The van der Waals surface area contributed by atoms with Crippen LogP contribution in [0, 0.1) is 0 Å². The molecule has 1 saturated heterocycles. The summed E-state index contributed by atoms with van der Waals surface area (Å²) in [7, 11) is -3.39. The molecule has 2 aromatic rings. The summed E-state index contributed by atoms with van der Waals surface area (Å²) in [4.78, 5) is 7.08. The number of sulfonamides is 1. The number of nitrogens with zero attached hydrogens (tertiary/aromatic N) is 4. The second kappa shape index (κ2) is 8.99. The lowest BCUT2D eigenvalue weighted by Gasteiger charge is -2.34. The van der Waals surface area contributed by atoms with E-state index in [9.17, 15) is 8.42 Å². The van der Waals surface area contributed by atoms with E-state index in [0.29, 0.717) is 18.0 Å². The third-order valence-electron chi connectivity index (χ3n) is 5.21. The van der Waals surface area contributed by atoms with Crippen molar-refractivity contribution in [2.45, 2.75) is 44.6 Å². The topological polar surface area (TPSA) is 58.4 Å². The molecule has 0 N–H and O–H groups in total. The van der Waals surface area contributed by atoms with E-state index in [4.69, 9.17) is 0 Å². The average Bonchev–Trinajstić information content (AvgIpc) is 3.15. The molecule has 0 spiro atoms. The molecule has 0 saturated carbocycles. The van der Waals surface area contributed by atoms with Crippen molar-refractivity contribution in [1.82, 2.24) is 18.8 Å². The third-order valence-corrected chi connectivity index (χ3v) is 7.12. The molecule has 0 amide bonds. The van der Waals surface area contributed by atoms with Crippen LogP contribution in [0.25, 0.3) is 0 Å². The van der Waals surface area contributed by atoms with E-state index >= 15 is 0 Å². The highest BCUT2D eigenvalue weighted by Gasteiger charge is 2.28. The SMILES string of the molecule is CCCc1ccc(S(=O)(=O)N2CCN(CCn3ccnc3CC)CC2)cc1. The second-order valence-corrected chi connectivity index (χ2v) is 8.97. The first-order valence-corrected chi connectivity index (χ1v) is 11.3. The van der Waals surface area contributed by atoms with Gasteiger partial charge < -0.3 is 4.57 Å². The van der Waals surface area contributed by atoms with Crippen LogP contribution < -0.4 is 0 Å². The maximum Gasteiger partial charge on any atom is 0.243 e. The van der Waals surface area contributed by atoms with Crippen molar-refractivity contribution in [3.63, 3.8) is 0 Å². The second-order valence-electron chi connectivity index (χ2n) is 7.03. The summed E-state index contributed by atoms with van der Waals surface area (Å²) in [5.74, 6) is 1.10. The molecule has 1 aromatic heterocycles. The number of hydrogen-bond donors (Lipinski definition) is 0. The maximum atomic E-state index is 12.9. The third kappa shape index (κ3) is 4.78. The molecular formula is C20H30N4O2S. The van der Waals surface area contributed by atoms with Gasteiger partial charge in [-0.25, -0.2) is 13.4 Å². The quantitative estimate of drug-likeness (QED) is 0.695. The van der Waals surface area contributed by atoms with Crippen LogP contribution in [0.3, 0.4) is 0 Å². The molecule has 0 unspecified atom stereocenters. The van der Waals surface area contributed by atoms with Gasteiger partial charge >= 0.3 is 0 Å². The lowest BCUT2D eigenvalue weighted by molar-refractivity contribution is 0.182. The van der Waals surface area contributed by atoms with E-state index in [1.807, 2.05) is 24.5 Å². The first-order chi connectivity index (χ1) is 13.0. The number of aryl methyl sites for hydroxylation is 2. The Labute approximate surface area is 162 Å². The summed E-state index contributed by atoms with van der Waals surface area (Å²) in [5, 5.41) is 0. The zero-order chi connectivity index (χ0) is 19.3. The zero-order valence-corrected chi connectivity index (χ0v) is 17.2. The van der Waals surface area contributed by atoms with Gasteiger partial charge in [0, 0.05) is 58.1 Å². The Morgan fingerprint density at radius 2 is 1.70 bits per heavy atom. The van der Waals surface area contributed by atoms with Gasteiger partial charge in [0.25, 0.3) is 0 Å². The number of rotatable bonds is 8. The Bertz CT molecular complexity index is 822. The number of imidazole rings is 1. The van der Waals surface area contributed by atoms with Crippen LogP contribution in [-0.2, 0) is 29.4 Å². The minimum atomic E-state index is -3.39. The predicted octanol–water partition coefficient (Wildman–Crippen LogP) is 2.40. The Hall–Kier alpha value is -1.70. The van der Waals surface area contributed by atoms with Gasteiger partial charge in [0.1, 0.15) is 5.82 Å². The number of aromatic nitrogens is 2. The standard InChI is InChI=1S/C20H30N4O2S/c1-3-5-18-6-8-19(9-7-18)27(25,26)24-16-13-22(14-17-24)12-15-23-11-10-21-20(23)4-2/h6-11H,3-5,12-17H2,1-2H3. The first-order valence-electron chi connectivity index (χ1n) is 9.86. The molecule has 7 heteroatoms. The van der Waals surface area contributed by atoms with Crippen LogP contribution in [-0.4, -0.2) is 59.9 Å². The van der Waals surface area contributed by atoms with Gasteiger partial charge in [0.05, 0.1) is 4.90 Å². The van der Waals surface area contributed by atoms with Gasteiger partial charge in [-0.05, 0) is 24.1 Å². The summed E-state index contributed by atoms with van der Waals surface area (Å²) in [6, 6.07) is 7.36. The number of piperazine rings is 1. The zero-order valence-electron chi connectivity index (χ0n) is 16.3. The van der Waals surface area contributed by atoms with Crippen LogP contribution >= 0.6 is 0 Å². The van der Waals surface area contributed by atoms with Crippen molar-refractivity contribution in [2.75, 3.05) is 32.7 Å². The predicted molar refractivity (Wildman–Crippen MR) is 107 cm³/mol. The van der Waals surface area contributed by atoms with E-state index < -0.39 is 10.0 Å². The van der Waals surface area contributed by atoms with Gasteiger partial charge in [-0.15, -0.1) is 0 Å². The molecule has 0 atom stereocenters. The Morgan fingerprint density at radius 1 is 1.00 bits per heavy atom. The molecule has 0 radical (unpaired) electrons. The highest BCUT2D eigenvalue weighted by Crippen LogP contribution is 2.19. The summed E-state index contributed by atoms with van der Waals surface area (Å²) in [5.41, 5.74) is 1.19. The largest absolute Gasteiger partial charge is 0.334 e. The summed E-state index contributed by atoms with van der Waals surface area (Å²) in [6.07, 6.45) is 6.83. The fourth-order valence-electron chi connectivity index (χ4n) is 3.57. The minimum absolute atomic E-state index is 0.404. The van der Waals surface area contributed by atoms with Gasteiger partial charge in [-0.2, -0.15) is 4.31 Å². The van der Waals surface area contributed by atoms with E-state index in [-0.39, 0.29) is 0 Å². The maximum absolute atomic E-state index is 12.9. The molecule has 0 bridgehead atoms. The van der Waals surface area contributed by atoms with Gasteiger partial charge in [0.2, 0.25) is 10.0 Å². The van der Waals surface area contributed by atoms with E-state index in [1.54, 1.807) is 16.4 Å². The highest BCUT2D eigenvalue weighted by atomic mass is 32.2. The monoisotopic (exact) mass is 390 g/mol. The average molecular weight is 391 g/mol. The Balaban J connectivity index is 1.54. The molecule has 2 heterocycles. The molecule has 6 nitrogen and oxygen atoms in total. The van der Waals surface area contributed by atoms with Crippen molar-refractivity contribution < 1.29 is 8.42 Å².